The Morgan fingerprint density at radius 1 is 1.29 bits per heavy atom. The van der Waals surface area contributed by atoms with Crippen LogP contribution in [-0.2, 0) is 5.88 Å². The first-order chi connectivity index (χ1) is 8.19. The van der Waals surface area contributed by atoms with E-state index in [0.717, 1.165) is 0 Å². The Balaban J connectivity index is 2.22. The van der Waals surface area contributed by atoms with Gasteiger partial charge in [-0.2, -0.15) is 0 Å². The number of halogens is 3. The third kappa shape index (κ3) is 3.14. The summed E-state index contributed by atoms with van der Waals surface area (Å²) in [5, 5.41) is 0. The van der Waals surface area contributed by atoms with E-state index in [0.29, 0.717) is 15.9 Å². The minimum absolute atomic E-state index is 0.283. The molecule has 0 unspecified atom stereocenters. The van der Waals surface area contributed by atoms with Crippen molar-refractivity contribution in [2.45, 2.75) is 5.88 Å². The number of hydrogen-bond donors (Lipinski definition) is 0. The molecular formula is C11H7BrClFN2O. The van der Waals surface area contributed by atoms with Gasteiger partial charge >= 0.3 is 0 Å². The molecule has 1 heterocycles. The maximum atomic E-state index is 13.0. The van der Waals surface area contributed by atoms with Gasteiger partial charge in [-0.05, 0) is 28.1 Å². The van der Waals surface area contributed by atoms with Crippen molar-refractivity contribution in [2.24, 2.45) is 0 Å². The molecule has 0 aliphatic carbocycles. The molecule has 0 atom stereocenters. The monoisotopic (exact) mass is 316 g/mol. The van der Waals surface area contributed by atoms with Crippen molar-refractivity contribution in [2.75, 3.05) is 0 Å². The van der Waals surface area contributed by atoms with Crippen LogP contribution in [-0.4, -0.2) is 9.97 Å². The Bertz CT molecular complexity index is 521. The highest BCUT2D eigenvalue weighted by Crippen LogP contribution is 2.29. The van der Waals surface area contributed by atoms with Gasteiger partial charge in [0.2, 0.25) is 5.88 Å². The van der Waals surface area contributed by atoms with E-state index in [-0.39, 0.29) is 17.6 Å². The Morgan fingerprint density at radius 2 is 2.12 bits per heavy atom. The van der Waals surface area contributed by atoms with E-state index in [4.69, 9.17) is 16.3 Å². The molecule has 6 heteroatoms. The predicted octanol–water partition coefficient (Wildman–Crippen LogP) is 3.91. The fourth-order valence-corrected chi connectivity index (χ4v) is 1.60. The zero-order chi connectivity index (χ0) is 12.3. The molecule has 2 rings (SSSR count). The number of hydrogen-bond acceptors (Lipinski definition) is 3. The van der Waals surface area contributed by atoms with Crippen molar-refractivity contribution in [3.05, 3.63) is 46.6 Å². The van der Waals surface area contributed by atoms with Gasteiger partial charge in [-0.25, -0.2) is 9.37 Å². The quantitative estimate of drug-likeness (QED) is 0.805. The Morgan fingerprint density at radius 3 is 2.76 bits per heavy atom. The van der Waals surface area contributed by atoms with Gasteiger partial charge in [0, 0.05) is 6.07 Å². The SMILES string of the molecule is Fc1ccc(Br)c(Oc2cnc(CCl)cn2)c1. The summed E-state index contributed by atoms with van der Waals surface area (Å²) >= 11 is 8.84. The minimum atomic E-state index is -0.381. The van der Waals surface area contributed by atoms with Crippen molar-refractivity contribution in [3.63, 3.8) is 0 Å². The van der Waals surface area contributed by atoms with Gasteiger partial charge in [-0.3, -0.25) is 4.98 Å². The molecule has 0 aliphatic heterocycles. The molecule has 0 saturated heterocycles. The molecular weight excluding hydrogens is 310 g/mol. The lowest BCUT2D eigenvalue weighted by atomic mass is 10.3. The molecule has 3 nitrogen and oxygen atoms in total. The van der Waals surface area contributed by atoms with Crippen LogP contribution < -0.4 is 4.74 Å². The molecule has 0 N–H and O–H groups in total. The number of rotatable bonds is 3. The minimum Gasteiger partial charge on any atom is -0.436 e. The zero-order valence-electron chi connectivity index (χ0n) is 8.53. The molecule has 0 spiro atoms. The average molecular weight is 318 g/mol. The second-order valence-corrected chi connectivity index (χ2v) is 4.28. The van der Waals surface area contributed by atoms with Gasteiger partial charge in [0.15, 0.2) is 0 Å². The standard InChI is InChI=1S/C11H7BrClFN2O/c12-9-2-1-7(14)3-10(9)17-11-6-15-8(4-13)5-16-11/h1-3,5-6H,4H2. The van der Waals surface area contributed by atoms with E-state index < -0.39 is 0 Å². The van der Waals surface area contributed by atoms with Crippen molar-refractivity contribution in [1.29, 1.82) is 0 Å². The lowest BCUT2D eigenvalue weighted by Crippen LogP contribution is -1.93. The molecule has 0 aliphatic rings. The first-order valence-corrected chi connectivity index (χ1v) is 6.01. The number of benzene rings is 1. The van der Waals surface area contributed by atoms with Crippen LogP contribution in [0.2, 0.25) is 0 Å². The van der Waals surface area contributed by atoms with Crippen molar-refractivity contribution >= 4 is 27.5 Å². The van der Waals surface area contributed by atoms with Crippen LogP contribution in [0.1, 0.15) is 5.69 Å². The number of aromatic nitrogens is 2. The van der Waals surface area contributed by atoms with Crippen molar-refractivity contribution in [1.82, 2.24) is 9.97 Å². The van der Waals surface area contributed by atoms with Crippen molar-refractivity contribution < 1.29 is 9.13 Å². The van der Waals surface area contributed by atoms with Gasteiger partial charge in [0.1, 0.15) is 11.6 Å². The summed E-state index contributed by atoms with van der Waals surface area (Å²) in [7, 11) is 0. The predicted molar refractivity (Wildman–Crippen MR) is 65.8 cm³/mol. The largest absolute Gasteiger partial charge is 0.436 e. The molecule has 17 heavy (non-hydrogen) atoms. The summed E-state index contributed by atoms with van der Waals surface area (Å²) in [6, 6.07) is 4.16. The number of ether oxygens (including phenoxy) is 1. The van der Waals surface area contributed by atoms with E-state index in [1.807, 2.05) is 0 Å². The molecule has 0 saturated carbocycles. The van der Waals surface area contributed by atoms with Gasteiger partial charge in [-0.15, -0.1) is 11.6 Å². The molecule has 0 amide bonds. The van der Waals surface area contributed by atoms with E-state index in [2.05, 4.69) is 25.9 Å². The fraction of sp³-hybridized carbons (Fsp3) is 0.0909. The van der Waals surface area contributed by atoms with Crippen LogP contribution in [0.4, 0.5) is 4.39 Å². The Hall–Kier alpha value is -1.20. The topological polar surface area (TPSA) is 35.0 Å². The van der Waals surface area contributed by atoms with Crippen LogP contribution in [0.3, 0.4) is 0 Å². The average Bonchev–Trinajstić information content (AvgIpc) is 2.35. The molecule has 1 aromatic heterocycles. The van der Waals surface area contributed by atoms with Gasteiger partial charge in [-0.1, -0.05) is 0 Å². The van der Waals surface area contributed by atoms with Gasteiger partial charge in [0.05, 0.1) is 28.4 Å². The summed E-state index contributed by atoms with van der Waals surface area (Å²) in [4.78, 5) is 8.02. The zero-order valence-corrected chi connectivity index (χ0v) is 10.9. The Kier molecular flexibility index (Phi) is 3.91. The molecule has 0 radical (unpaired) electrons. The summed E-state index contributed by atoms with van der Waals surface area (Å²) in [6.07, 6.45) is 2.95. The van der Waals surface area contributed by atoms with Crippen LogP contribution in [0.5, 0.6) is 11.6 Å². The maximum absolute atomic E-state index is 13.0. The van der Waals surface area contributed by atoms with Crippen LogP contribution >= 0.6 is 27.5 Å². The first kappa shape index (κ1) is 12.3. The summed E-state index contributed by atoms with van der Waals surface area (Å²) in [5.74, 6) is 0.536. The number of alkyl halides is 1. The van der Waals surface area contributed by atoms with Crippen molar-refractivity contribution in [3.8, 4) is 11.6 Å². The third-order valence-electron chi connectivity index (χ3n) is 1.93. The van der Waals surface area contributed by atoms with Gasteiger partial charge < -0.3 is 4.74 Å². The fourth-order valence-electron chi connectivity index (χ4n) is 1.13. The van der Waals surface area contributed by atoms with Crippen LogP contribution in [0.15, 0.2) is 35.1 Å². The maximum Gasteiger partial charge on any atom is 0.237 e. The van der Waals surface area contributed by atoms with E-state index >= 15 is 0 Å². The van der Waals surface area contributed by atoms with E-state index in [9.17, 15) is 4.39 Å². The van der Waals surface area contributed by atoms with Gasteiger partial charge in [0.25, 0.3) is 0 Å². The highest BCUT2D eigenvalue weighted by molar-refractivity contribution is 9.10. The lowest BCUT2D eigenvalue weighted by molar-refractivity contribution is 0.452. The second-order valence-electron chi connectivity index (χ2n) is 3.16. The van der Waals surface area contributed by atoms with E-state index in [1.54, 1.807) is 6.07 Å². The molecule has 88 valence electrons. The first-order valence-electron chi connectivity index (χ1n) is 4.69. The summed E-state index contributed by atoms with van der Waals surface area (Å²) < 4.78 is 19.0. The smallest absolute Gasteiger partial charge is 0.237 e. The van der Waals surface area contributed by atoms with E-state index in [1.165, 1.54) is 24.5 Å². The lowest BCUT2D eigenvalue weighted by Gasteiger charge is -2.06. The normalized spacial score (nSPS) is 10.3. The summed E-state index contributed by atoms with van der Waals surface area (Å²) in [5.41, 5.74) is 0.650. The summed E-state index contributed by atoms with van der Waals surface area (Å²) in [6.45, 7) is 0. The highest BCUT2D eigenvalue weighted by atomic mass is 79.9. The second kappa shape index (κ2) is 5.42. The molecule has 0 fully saturated rings. The molecule has 0 bridgehead atoms. The highest BCUT2D eigenvalue weighted by Gasteiger charge is 2.05. The third-order valence-corrected chi connectivity index (χ3v) is 2.86. The molecule has 1 aromatic carbocycles. The molecule has 2 aromatic rings. The number of nitrogens with zero attached hydrogens (tertiary/aromatic N) is 2. The Labute approximate surface area is 111 Å². The van der Waals surface area contributed by atoms with Crippen LogP contribution in [0.25, 0.3) is 0 Å². The van der Waals surface area contributed by atoms with Crippen LogP contribution in [0, 0.1) is 5.82 Å².